The maximum Gasteiger partial charge on any atom is 0.375 e. The van der Waals surface area contributed by atoms with E-state index in [9.17, 15) is 14.4 Å². The van der Waals surface area contributed by atoms with Gasteiger partial charge in [-0.25, -0.2) is 4.79 Å². The van der Waals surface area contributed by atoms with E-state index < -0.39 is 23.6 Å². The van der Waals surface area contributed by atoms with Gasteiger partial charge in [0.05, 0.1) is 6.10 Å². The molecule has 0 N–H and O–H groups in total. The number of ether oxygens (including phenoxy) is 3. The van der Waals surface area contributed by atoms with Crippen molar-refractivity contribution in [2.75, 3.05) is 0 Å². The van der Waals surface area contributed by atoms with Gasteiger partial charge in [0.15, 0.2) is 5.60 Å². The summed E-state index contributed by atoms with van der Waals surface area (Å²) >= 11 is 0. The van der Waals surface area contributed by atoms with E-state index in [1.807, 2.05) is 0 Å². The molecule has 0 aromatic carbocycles. The molecule has 2 fully saturated rings. The van der Waals surface area contributed by atoms with E-state index in [0.29, 0.717) is 30.6 Å². The van der Waals surface area contributed by atoms with Gasteiger partial charge in [-0.15, -0.1) is 0 Å². The number of carbonyl (C=O) groups is 3. The van der Waals surface area contributed by atoms with Crippen LogP contribution in [-0.4, -0.2) is 35.5 Å². The summed E-state index contributed by atoms with van der Waals surface area (Å²) in [5.74, 6) is 0.258. The zero-order valence-corrected chi connectivity index (χ0v) is 16.7. The van der Waals surface area contributed by atoms with Crippen molar-refractivity contribution in [2.24, 2.45) is 17.8 Å². The van der Waals surface area contributed by atoms with Crippen LogP contribution in [0.4, 0.5) is 0 Å². The third kappa shape index (κ3) is 4.26. The smallest absolute Gasteiger partial charge is 0.375 e. The van der Waals surface area contributed by atoms with Crippen LogP contribution in [0.25, 0.3) is 0 Å². The van der Waals surface area contributed by atoms with E-state index in [1.165, 1.54) is 13.3 Å². The maximum absolute atomic E-state index is 12.2. The molecule has 0 aromatic heterocycles. The van der Waals surface area contributed by atoms with E-state index in [1.54, 1.807) is 6.08 Å². The Labute approximate surface area is 160 Å². The van der Waals surface area contributed by atoms with Crippen LogP contribution < -0.4 is 0 Å². The second-order valence-corrected chi connectivity index (χ2v) is 8.68. The van der Waals surface area contributed by atoms with Gasteiger partial charge < -0.3 is 14.2 Å². The Balaban J connectivity index is 1.84. The standard InChI is InChI=1S/C21H30O6/c1-12(2)16-6-5-13(3)9-17(16)26-19-10-15(23)7-8-21(19)11-18(20(24)27-21)25-14(4)22/h11-13,16-17,19H,5-10H2,1-4H3/t13-,16-,17-,19+,21-/m1/s1. The first-order valence-electron chi connectivity index (χ1n) is 10.0. The van der Waals surface area contributed by atoms with Gasteiger partial charge in [-0.1, -0.05) is 27.2 Å². The van der Waals surface area contributed by atoms with Crippen LogP contribution in [-0.2, 0) is 28.6 Å². The second-order valence-electron chi connectivity index (χ2n) is 8.68. The van der Waals surface area contributed by atoms with Gasteiger partial charge in [0.2, 0.25) is 5.76 Å². The third-order valence-electron chi connectivity index (χ3n) is 6.17. The molecule has 150 valence electrons. The van der Waals surface area contributed by atoms with E-state index >= 15 is 0 Å². The fourth-order valence-electron chi connectivity index (χ4n) is 4.66. The van der Waals surface area contributed by atoms with Gasteiger partial charge in [0.25, 0.3) is 0 Å². The highest BCUT2D eigenvalue weighted by molar-refractivity contribution is 5.92. The lowest BCUT2D eigenvalue weighted by molar-refractivity contribution is -0.186. The van der Waals surface area contributed by atoms with Crippen molar-refractivity contribution in [3.8, 4) is 0 Å². The first kappa shape index (κ1) is 20.1. The normalized spacial score (nSPS) is 36.7. The summed E-state index contributed by atoms with van der Waals surface area (Å²) in [4.78, 5) is 35.6. The van der Waals surface area contributed by atoms with Crippen LogP contribution in [0.3, 0.4) is 0 Å². The predicted octanol–water partition coefficient (Wildman–Crippen LogP) is 3.33. The molecule has 1 heterocycles. The highest BCUT2D eigenvalue weighted by atomic mass is 16.6. The monoisotopic (exact) mass is 378 g/mol. The van der Waals surface area contributed by atoms with Crippen LogP contribution in [0.2, 0.25) is 0 Å². The average molecular weight is 378 g/mol. The van der Waals surface area contributed by atoms with E-state index in [0.717, 1.165) is 12.8 Å². The number of Topliss-reactive ketones (excluding diaryl/α,β-unsaturated/α-hetero) is 1. The summed E-state index contributed by atoms with van der Waals surface area (Å²) in [5, 5.41) is 0. The van der Waals surface area contributed by atoms with E-state index in [-0.39, 0.29) is 24.1 Å². The first-order valence-corrected chi connectivity index (χ1v) is 10.0. The fraction of sp³-hybridized carbons (Fsp3) is 0.762. The largest absolute Gasteiger partial charge is 0.446 e. The summed E-state index contributed by atoms with van der Waals surface area (Å²) in [6, 6.07) is 0. The van der Waals surface area contributed by atoms with Crippen molar-refractivity contribution in [1.29, 1.82) is 0 Å². The van der Waals surface area contributed by atoms with Gasteiger partial charge in [0, 0.05) is 32.3 Å². The minimum absolute atomic E-state index is 0.0337. The lowest BCUT2D eigenvalue weighted by atomic mass is 9.74. The van der Waals surface area contributed by atoms with Gasteiger partial charge in [-0.2, -0.15) is 0 Å². The molecule has 5 atom stereocenters. The molecule has 0 unspecified atom stereocenters. The van der Waals surface area contributed by atoms with Crippen LogP contribution in [0.1, 0.15) is 66.2 Å². The van der Waals surface area contributed by atoms with Gasteiger partial charge in [0.1, 0.15) is 11.9 Å². The molecule has 0 amide bonds. The topological polar surface area (TPSA) is 78.9 Å². The fourth-order valence-corrected chi connectivity index (χ4v) is 4.66. The third-order valence-corrected chi connectivity index (χ3v) is 6.17. The maximum atomic E-state index is 12.2. The lowest BCUT2D eigenvalue weighted by Gasteiger charge is -2.44. The molecule has 0 aromatic rings. The van der Waals surface area contributed by atoms with Gasteiger partial charge in [-0.3, -0.25) is 9.59 Å². The highest BCUT2D eigenvalue weighted by Crippen LogP contribution is 2.43. The van der Waals surface area contributed by atoms with Crippen molar-refractivity contribution >= 4 is 17.7 Å². The zero-order chi connectivity index (χ0) is 19.8. The number of esters is 2. The van der Waals surface area contributed by atoms with Crippen molar-refractivity contribution in [2.45, 2.75) is 84.0 Å². The molecule has 1 aliphatic heterocycles. The summed E-state index contributed by atoms with van der Waals surface area (Å²) < 4.78 is 17.1. The number of hydrogen-bond donors (Lipinski definition) is 0. The Morgan fingerprint density at radius 2 is 2.04 bits per heavy atom. The zero-order valence-electron chi connectivity index (χ0n) is 16.7. The van der Waals surface area contributed by atoms with Crippen LogP contribution in [0, 0.1) is 17.8 Å². The SMILES string of the molecule is CC(=O)OC1=C[C@@]2(CCC(=O)C[C@@H]2O[C@@H]2C[C@H](C)CC[C@@H]2C(C)C)OC1=O. The second kappa shape index (κ2) is 7.74. The Morgan fingerprint density at radius 3 is 2.70 bits per heavy atom. The minimum Gasteiger partial charge on any atom is -0.446 e. The molecule has 3 rings (SSSR count). The number of ketones is 1. The molecule has 2 aliphatic carbocycles. The van der Waals surface area contributed by atoms with Crippen molar-refractivity contribution < 1.29 is 28.6 Å². The van der Waals surface area contributed by atoms with Crippen molar-refractivity contribution in [1.82, 2.24) is 0 Å². The summed E-state index contributed by atoms with van der Waals surface area (Å²) in [7, 11) is 0. The van der Waals surface area contributed by atoms with E-state index in [4.69, 9.17) is 14.2 Å². The van der Waals surface area contributed by atoms with Crippen LogP contribution in [0.15, 0.2) is 11.8 Å². The molecule has 0 bridgehead atoms. The number of hydrogen-bond acceptors (Lipinski definition) is 6. The first-order chi connectivity index (χ1) is 12.7. The summed E-state index contributed by atoms with van der Waals surface area (Å²) in [5.41, 5.74) is -1.02. The summed E-state index contributed by atoms with van der Waals surface area (Å²) in [6.07, 6.45) is 5.19. The quantitative estimate of drug-likeness (QED) is 0.698. The lowest BCUT2D eigenvalue weighted by Crippen LogP contribution is -2.51. The van der Waals surface area contributed by atoms with Gasteiger partial charge >= 0.3 is 11.9 Å². The number of carbonyl (C=O) groups excluding carboxylic acids is 3. The van der Waals surface area contributed by atoms with E-state index in [2.05, 4.69) is 20.8 Å². The highest BCUT2D eigenvalue weighted by Gasteiger charge is 2.52. The molecule has 0 saturated heterocycles. The van der Waals surface area contributed by atoms with Crippen LogP contribution in [0.5, 0.6) is 0 Å². The molecular weight excluding hydrogens is 348 g/mol. The summed E-state index contributed by atoms with van der Waals surface area (Å²) in [6.45, 7) is 7.87. The Kier molecular flexibility index (Phi) is 5.75. The molecule has 0 radical (unpaired) electrons. The Bertz CT molecular complexity index is 651. The molecular formula is C21H30O6. The minimum atomic E-state index is -1.02. The van der Waals surface area contributed by atoms with Crippen molar-refractivity contribution in [3.63, 3.8) is 0 Å². The van der Waals surface area contributed by atoms with Crippen molar-refractivity contribution in [3.05, 3.63) is 11.8 Å². The molecule has 6 nitrogen and oxygen atoms in total. The van der Waals surface area contributed by atoms with Gasteiger partial charge in [-0.05, 0) is 30.6 Å². The number of rotatable bonds is 4. The van der Waals surface area contributed by atoms with Crippen LogP contribution >= 0.6 is 0 Å². The molecule has 6 heteroatoms. The Morgan fingerprint density at radius 1 is 1.30 bits per heavy atom. The molecule has 27 heavy (non-hydrogen) atoms. The molecule has 1 spiro atoms. The Hall–Kier alpha value is -1.69. The molecule has 3 aliphatic rings. The molecule has 2 saturated carbocycles. The average Bonchev–Trinajstić information content (AvgIpc) is 2.87. The predicted molar refractivity (Wildman–Crippen MR) is 97.5 cm³/mol.